The number of piperidine rings is 1. The number of hydrogen-bond donors (Lipinski definition) is 4. The Balaban J connectivity index is 0.736. The number of benzene rings is 3. The van der Waals surface area contributed by atoms with E-state index in [2.05, 4.69) is 68.0 Å². The monoisotopic (exact) mass is 1040 g/mol. The quantitative estimate of drug-likeness (QED) is 0.0537. The Hall–Kier alpha value is -7.18. The number of aryl methyl sites for hydroxylation is 2. The van der Waals surface area contributed by atoms with Crippen molar-refractivity contribution >= 4 is 47.0 Å². The number of carbonyl (C=O) groups excluding carboxylic acids is 7. The van der Waals surface area contributed by atoms with Crippen molar-refractivity contribution in [1.29, 1.82) is 0 Å². The summed E-state index contributed by atoms with van der Waals surface area (Å²) in [7, 11) is 0. The molecule has 404 valence electrons. The molecule has 76 heavy (non-hydrogen) atoms. The minimum absolute atomic E-state index is 0.0343. The van der Waals surface area contributed by atoms with Gasteiger partial charge in [-0.25, -0.2) is 0 Å². The van der Waals surface area contributed by atoms with Gasteiger partial charge >= 0.3 is 0 Å². The molecule has 7 amide bonds. The Bertz CT molecular complexity index is 2870. The van der Waals surface area contributed by atoms with Crippen molar-refractivity contribution in [3.63, 3.8) is 0 Å². The molecule has 0 aliphatic carbocycles. The van der Waals surface area contributed by atoms with Crippen molar-refractivity contribution < 1.29 is 43.0 Å². The van der Waals surface area contributed by atoms with Crippen LogP contribution in [-0.4, -0.2) is 132 Å². The molecule has 0 spiro atoms. The number of rotatable bonds is 22. The molecule has 5 heterocycles. The summed E-state index contributed by atoms with van der Waals surface area (Å²) < 4.78 is 11.6. The van der Waals surface area contributed by atoms with Crippen LogP contribution in [0.4, 0.5) is 5.69 Å². The maximum absolute atomic E-state index is 14.0. The average molecular weight is 1040 g/mol. The summed E-state index contributed by atoms with van der Waals surface area (Å²) in [5.41, 5.74) is 7.81. The number of amides is 7. The third-order valence-electron chi connectivity index (χ3n) is 15.1. The molecule has 4 aliphatic rings. The van der Waals surface area contributed by atoms with Crippen LogP contribution in [0.15, 0.2) is 65.5 Å². The SMILES string of the molecule is CCN(c1cc(-c2ccc(CN3CCN(C(=O)CCCCCCC(=O)NCCCOc4cccc5c4C(=O)N(C4CCC(=O)NC4=O)C5=O)CC3)cc2)cc(C(=O)NCc2c(C)cc(C)[nH]c2=O)c1C)C1CCOCC1. The lowest BCUT2D eigenvalue weighted by Gasteiger charge is -2.37. The van der Waals surface area contributed by atoms with Gasteiger partial charge in [0.15, 0.2) is 0 Å². The van der Waals surface area contributed by atoms with E-state index in [1.54, 1.807) is 12.1 Å². The first-order chi connectivity index (χ1) is 36.7. The van der Waals surface area contributed by atoms with E-state index < -0.39 is 29.7 Å². The number of imide groups is 2. The molecule has 1 atom stereocenters. The first-order valence-corrected chi connectivity index (χ1v) is 27.0. The summed E-state index contributed by atoms with van der Waals surface area (Å²) in [4.78, 5) is 113. The Morgan fingerprint density at radius 3 is 2.25 bits per heavy atom. The maximum atomic E-state index is 14.0. The number of unbranched alkanes of at least 4 members (excludes halogenated alkanes) is 3. The second-order valence-electron chi connectivity index (χ2n) is 20.4. The Kier molecular flexibility index (Phi) is 18.5. The third kappa shape index (κ3) is 13.2. The van der Waals surface area contributed by atoms with E-state index >= 15 is 0 Å². The van der Waals surface area contributed by atoms with E-state index in [0.717, 1.165) is 96.8 Å². The highest BCUT2D eigenvalue weighted by molar-refractivity contribution is 6.24. The smallest absolute Gasteiger partial charge is 0.266 e. The zero-order chi connectivity index (χ0) is 53.9. The molecule has 18 heteroatoms. The number of aromatic nitrogens is 1. The summed E-state index contributed by atoms with van der Waals surface area (Å²) in [5, 5.41) is 8.14. The van der Waals surface area contributed by atoms with Crippen molar-refractivity contribution in [3.8, 4) is 16.9 Å². The molecule has 3 saturated heterocycles. The summed E-state index contributed by atoms with van der Waals surface area (Å²) in [5.74, 6) is -2.26. The molecule has 18 nitrogen and oxygen atoms in total. The molecule has 3 fully saturated rings. The zero-order valence-electron chi connectivity index (χ0n) is 44.4. The Morgan fingerprint density at radius 2 is 1.54 bits per heavy atom. The van der Waals surface area contributed by atoms with Crippen LogP contribution in [0.5, 0.6) is 5.75 Å². The summed E-state index contributed by atoms with van der Waals surface area (Å²) in [6, 6.07) is 18.5. The number of pyridine rings is 1. The van der Waals surface area contributed by atoms with Gasteiger partial charge in [-0.15, -0.1) is 0 Å². The van der Waals surface area contributed by atoms with Gasteiger partial charge in [-0.05, 0) is 124 Å². The number of aromatic amines is 1. The van der Waals surface area contributed by atoms with Gasteiger partial charge in [-0.2, -0.15) is 0 Å². The minimum Gasteiger partial charge on any atom is -0.493 e. The van der Waals surface area contributed by atoms with Crippen molar-refractivity contribution in [2.24, 2.45) is 0 Å². The highest BCUT2D eigenvalue weighted by atomic mass is 16.5. The number of carbonyl (C=O) groups is 7. The molecule has 4 aliphatic heterocycles. The van der Waals surface area contributed by atoms with E-state index in [1.807, 2.05) is 37.8 Å². The number of fused-ring (bicyclic) bond motifs is 1. The van der Waals surface area contributed by atoms with Gasteiger partial charge in [0.05, 0.1) is 17.7 Å². The molecule has 4 aromatic rings. The largest absolute Gasteiger partial charge is 0.493 e. The summed E-state index contributed by atoms with van der Waals surface area (Å²) in [6.07, 6.45) is 6.42. The lowest BCUT2D eigenvalue weighted by molar-refractivity contribution is -0.136. The van der Waals surface area contributed by atoms with Crippen molar-refractivity contribution in [1.82, 2.24) is 35.6 Å². The number of nitrogens with zero attached hydrogens (tertiary/aromatic N) is 4. The van der Waals surface area contributed by atoms with Gasteiger partial charge in [0.25, 0.3) is 23.3 Å². The molecule has 4 N–H and O–H groups in total. The molecule has 0 bridgehead atoms. The number of piperazine rings is 1. The van der Waals surface area contributed by atoms with Gasteiger partial charge < -0.3 is 34.9 Å². The number of H-pyrrole nitrogens is 1. The predicted molar refractivity (Wildman–Crippen MR) is 287 cm³/mol. The van der Waals surface area contributed by atoms with E-state index in [4.69, 9.17) is 9.47 Å². The van der Waals surface area contributed by atoms with Crippen LogP contribution in [0.25, 0.3) is 11.1 Å². The minimum atomic E-state index is -1.06. The summed E-state index contributed by atoms with van der Waals surface area (Å²) >= 11 is 0. The fraction of sp³-hybridized carbons (Fsp3) is 0.483. The fourth-order valence-electron chi connectivity index (χ4n) is 10.9. The van der Waals surface area contributed by atoms with Crippen LogP contribution in [0.1, 0.15) is 137 Å². The predicted octanol–water partition coefficient (Wildman–Crippen LogP) is 5.87. The first-order valence-electron chi connectivity index (χ1n) is 27.0. The molecule has 0 radical (unpaired) electrons. The van der Waals surface area contributed by atoms with Crippen LogP contribution < -0.4 is 31.1 Å². The number of nitrogens with one attached hydrogen (secondary N) is 4. The standard InChI is InChI=1S/C58H72N8O10/c1-5-65(43-22-30-75-31-23-43)48-34-42(33-45(39(48)4)54(70)60-35-46-37(2)32-38(3)61-55(46)71)41-18-16-40(17-19-41)36-63-25-27-64(28-26-63)52(69)15-9-7-6-8-14-50(67)59-24-11-29-76-49-13-10-12-44-53(49)58(74)66(57(44)73)47-20-21-51(68)62-56(47)72/h10,12-13,16-19,32-34,43,47H,5-9,11,14-15,20-31,35-36H2,1-4H3,(H,59,67)(H,60,70)(H,61,71)(H,62,68,72). The average Bonchev–Trinajstić information content (AvgIpc) is 3.67. The highest BCUT2D eigenvalue weighted by Crippen LogP contribution is 2.36. The van der Waals surface area contributed by atoms with Crippen LogP contribution in [-0.2, 0) is 37.0 Å². The molecule has 3 aromatic carbocycles. The second-order valence-corrected chi connectivity index (χ2v) is 20.4. The van der Waals surface area contributed by atoms with Crippen LogP contribution >= 0.6 is 0 Å². The van der Waals surface area contributed by atoms with E-state index in [9.17, 15) is 38.4 Å². The van der Waals surface area contributed by atoms with Crippen molar-refractivity contribution in [2.75, 3.05) is 64.0 Å². The van der Waals surface area contributed by atoms with Crippen LogP contribution in [0.2, 0.25) is 0 Å². The number of anilines is 1. The second kappa shape index (κ2) is 25.6. The van der Waals surface area contributed by atoms with E-state index in [-0.39, 0.29) is 66.2 Å². The topological polar surface area (TPSA) is 220 Å². The number of hydrogen-bond acceptors (Lipinski definition) is 12. The molecular weight excluding hydrogens is 969 g/mol. The third-order valence-corrected chi connectivity index (χ3v) is 15.1. The van der Waals surface area contributed by atoms with Gasteiger partial charge in [-0.3, -0.25) is 53.5 Å². The van der Waals surface area contributed by atoms with Crippen molar-refractivity contribution in [2.45, 2.75) is 123 Å². The van der Waals surface area contributed by atoms with E-state index in [0.29, 0.717) is 75.7 Å². The van der Waals surface area contributed by atoms with Gasteiger partial charge in [0, 0.05) is 113 Å². The van der Waals surface area contributed by atoms with Crippen molar-refractivity contribution in [3.05, 3.63) is 116 Å². The lowest BCUT2D eigenvalue weighted by atomic mass is 9.94. The highest BCUT2D eigenvalue weighted by Gasteiger charge is 2.46. The van der Waals surface area contributed by atoms with E-state index in [1.165, 1.54) is 11.6 Å². The van der Waals surface area contributed by atoms with Gasteiger partial charge in [-0.1, -0.05) is 43.2 Å². The molecule has 1 aromatic heterocycles. The zero-order valence-corrected chi connectivity index (χ0v) is 44.4. The molecular formula is C58H72N8O10. The summed E-state index contributed by atoms with van der Waals surface area (Å²) in [6.45, 7) is 14.4. The lowest BCUT2D eigenvalue weighted by Crippen LogP contribution is -2.54. The van der Waals surface area contributed by atoms with Gasteiger partial charge in [0.2, 0.25) is 23.6 Å². The fourth-order valence-corrected chi connectivity index (χ4v) is 10.9. The molecule has 0 saturated carbocycles. The van der Waals surface area contributed by atoms with Crippen LogP contribution in [0, 0.1) is 20.8 Å². The Labute approximate surface area is 444 Å². The Morgan fingerprint density at radius 1 is 0.803 bits per heavy atom. The maximum Gasteiger partial charge on any atom is 0.266 e. The van der Waals surface area contributed by atoms with Crippen LogP contribution in [0.3, 0.4) is 0 Å². The molecule has 8 rings (SSSR count). The first kappa shape index (κ1) is 55.1. The van der Waals surface area contributed by atoms with Gasteiger partial charge in [0.1, 0.15) is 11.8 Å². The normalized spacial score (nSPS) is 17.1. The number of ether oxygens (including phenoxy) is 2. The molecule has 1 unspecified atom stereocenters.